The Balaban J connectivity index is 1.21. The highest BCUT2D eigenvalue weighted by Gasteiger charge is 2.57. The van der Waals surface area contributed by atoms with Crippen LogP contribution in [0.5, 0.6) is 5.75 Å². The fraction of sp³-hybridized carbons (Fsp3) is 0.344. The Morgan fingerprint density at radius 3 is 2.30 bits per heavy atom. The number of carbonyl (C=O) groups excluding carboxylic acids is 3. The summed E-state index contributed by atoms with van der Waals surface area (Å²) in [7, 11) is 0. The molecule has 2 aliphatic heterocycles. The van der Waals surface area contributed by atoms with Crippen molar-refractivity contribution >= 4 is 40.9 Å². The molecule has 0 bridgehead atoms. The smallest absolute Gasteiger partial charge is 0.261 e. The summed E-state index contributed by atoms with van der Waals surface area (Å²) >= 11 is 13.1. The minimum Gasteiger partial charge on any atom is -0.492 e. The van der Waals surface area contributed by atoms with Gasteiger partial charge in [0.1, 0.15) is 12.4 Å². The SMILES string of the molecule is C[C@H]1NC(=O)[C@]2(C)CC[C@@H](c3ccc(OCCN4C(=O)c5ccccc5C4=O)cc3Cl)[C@H](c3ccc(Cl)cc3)[C@H]12. The monoisotopic (exact) mass is 576 g/mol. The van der Waals surface area contributed by atoms with Gasteiger partial charge < -0.3 is 10.1 Å². The Morgan fingerprint density at radius 2 is 1.65 bits per heavy atom. The highest BCUT2D eigenvalue weighted by molar-refractivity contribution is 6.31. The summed E-state index contributed by atoms with van der Waals surface area (Å²) in [6.07, 6.45) is 1.59. The molecule has 3 aromatic rings. The highest BCUT2D eigenvalue weighted by Crippen LogP contribution is 2.59. The number of carbonyl (C=O) groups is 3. The molecule has 2 fully saturated rings. The van der Waals surface area contributed by atoms with Crippen molar-refractivity contribution in [1.82, 2.24) is 10.2 Å². The average molecular weight is 578 g/mol. The van der Waals surface area contributed by atoms with Crippen LogP contribution in [0.15, 0.2) is 66.7 Å². The molecule has 3 amide bonds. The van der Waals surface area contributed by atoms with Gasteiger partial charge in [-0.25, -0.2) is 0 Å². The second-order valence-corrected chi connectivity index (χ2v) is 12.1. The van der Waals surface area contributed by atoms with Gasteiger partial charge in [0.2, 0.25) is 5.91 Å². The molecule has 1 aliphatic carbocycles. The normalized spacial score (nSPS) is 27.4. The van der Waals surface area contributed by atoms with Gasteiger partial charge in [-0.15, -0.1) is 0 Å². The average Bonchev–Trinajstić information content (AvgIpc) is 3.32. The number of hydrogen-bond donors (Lipinski definition) is 1. The van der Waals surface area contributed by atoms with Crippen molar-refractivity contribution in [3.05, 3.63) is 99.0 Å². The Hall–Kier alpha value is -3.35. The van der Waals surface area contributed by atoms with E-state index in [4.69, 9.17) is 27.9 Å². The van der Waals surface area contributed by atoms with E-state index in [1.165, 1.54) is 4.90 Å². The number of rotatable bonds is 6. The fourth-order valence-corrected chi connectivity index (χ4v) is 7.54. The topological polar surface area (TPSA) is 75.7 Å². The van der Waals surface area contributed by atoms with E-state index in [2.05, 4.69) is 31.3 Å². The predicted molar refractivity (Wildman–Crippen MR) is 154 cm³/mol. The van der Waals surface area contributed by atoms with Crippen LogP contribution in [0.3, 0.4) is 0 Å². The first-order valence-electron chi connectivity index (χ1n) is 13.6. The number of fused-ring (bicyclic) bond motifs is 2. The van der Waals surface area contributed by atoms with E-state index in [9.17, 15) is 14.4 Å². The maximum absolute atomic E-state index is 13.0. The number of benzene rings is 3. The molecule has 1 saturated carbocycles. The van der Waals surface area contributed by atoms with Gasteiger partial charge in [-0.2, -0.15) is 0 Å². The largest absolute Gasteiger partial charge is 0.492 e. The van der Waals surface area contributed by atoms with Crippen molar-refractivity contribution < 1.29 is 19.1 Å². The van der Waals surface area contributed by atoms with Gasteiger partial charge in [-0.05, 0) is 79.1 Å². The van der Waals surface area contributed by atoms with Gasteiger partial charge >= 0.3 is 0 Å². The van der Waals surface area contributed by atoms with Crippen molar-refractivity contribution in [2.45, 2.75) is 44.6 Å². The van der Waals surface area contributed by atoms with E-state index in [1.54, 1.807) is 30.3 Å². The molecule has 206 valence electrons. The molecule has 3 aliphatic rings. The van der Waals surface area contributed by atoms with Crippen LogP contribution in [0, 0.1) is 11.3 Å². The second kappa shape index (κ2) is 10.2. The maximum atomic E-state index is 13.0. The maximum Gasteiger partial charge on any atom is 0.261 e. The van der Waals surface area contributed by atoms with E-state index in [1.807, 2.05) is 24.3 Å². The fourth-order valence-electron chi connectivity index (χ4n) is 7.11. The summed E-state index contributed by atoms with van der Waals surface area (Å²) in [5, 5.41) is 4.46. The van der Waals surface area contributed by atoms with E-state index < -0.39 is 5.41 Å². The second-order valence-electron chi connectivity index (χ2n) is 11.3. The first-order valence-corrected chi connectivity index (χ1v) is 14.4. The van der Waals surface area contributed by atoms with Gasteiger partial charge in [0.15, 0.2) is 0 Å². The van der Waals surface area contributed by atoms with Crippen molar-refractivity contribution in [2.24, 2.45) is 11.3 Å². The lowest BCUT2D eigenvalue weighted by Gasteiger charge is -2.46. The van der Waals surface area contributed by atoms with E-state index >= 15 is 0 Å². The molecular weight excluding hydrogens is 547 g/mol. The van der Waals surface area contributed by atoms with Crippen molar-refractivity contribution in [3.63, 3.8) is 0 Å². The van der Waals surface area contributed by atoms with Crippen LogP contribution in [0.4, 0.5) is 0 Å². The van der Waals surface area contributed by atoms with Crippen molar-refractivity contribution in [2.75, 3.05) is 13.2 Å². The molecule has 0 unspecified atom stereocenters. The molecule has 2 heterocycles. The van der Waals surface area contributed by atoms with Gasteiger partial charge in [0.25, 0.3) is 11.8 Å². The molecular formula is C32H30Cl2N2O4. The molecule has 1 N–H and O–H groups in total. The number of halogens is 2. The third kappa shape index (κ3) is 4.38. The van der Waals surface area contributed by atoms with Crippen molar-refractivity contribution in [1.29, 1.82) is 0 Å². The minimum absolute atomic E-state index is 0.0320. The van der Waals surface area contributed by atoms with E-state index in [0.717, 1.165) is 24.0 Å². The van der Waals surface area contributed by atoms with E-state index in [-0.39, 0.29) is 54.7 Å². The molecule has 5 atom stereocenters. The zero-order valence-electron chi connectivity index (χ0n) is 22.3. The van der Waals surface area contributed by atoms with Crippen molar-refractivity contribution in [3.8, 4) is 5.75 Å². The zero-order chi connectivity index (χ0) is 28.2. The third-order valence-electron chi connectivity index (χ3n) is 9.04. The standard InChI is InChI=1S/C32H30Cl2N2O4/c1-18-28-27(19-7-9-20(33)10-8-19)23(13-14-32(28,2)31(39)35-18)22-12-11-21(17-26(22)34)40-16-15-36-29(37)24-5-3-4-6-25(24)30(36)38/h3-12,17-18,23,27-28H,13-16H2,1-2H3,(H,35,39)/t18-,23+,27+,28+,32-/m1/s1. The van der Waals surface area contributed by atoms with Crippen LogP contribution in [0.1, 0.15) is 70.4 Å². The summed E-state index contributed by atoms with van der Waals surface area (Å²) in [4.78, 5) is 39.5. The first kappa shape index (κ1) is 26.9. The van der Waals surface area contributed by atoms with Crippen LogP contribution >= 0.6 is 23.2 Å². The van der Waals surface area contributed by atoms with Crippen LogP contribution in [-0.4, -0.2) is 41.8 Å². The minimum atomic E-state index is -0.445. The Kier molecular flexibility index (Phi) is 6.87. The van der Waals surface area contributed by atoms with Crippen LogP contribution in [0.25, 0.3) is 0 Å². The van der Waals surface area contributed by atoms with Crippen LogP contribution in [0.2, 0.25) is 10.0 Å². The molecule has 0 aromatic heterocycles. The third-order valence-corrected chi connectivity index (χ3v) is 9.61. The van der Waals surface area contributed by atoms with Gasteiger partial charge in [0, 0.05) is 22.0 Å². The molecule has 0 spiro atoms. The zero-order valence-corrected chi connectivity index (χ0v) is 23.8. The molecule has 0 radical (unpaired) electrons. The Bertz CT molecular complexity index is 1470. The lowest BCUT2D eigenvalue weighted by molar-refractivity contribution is -0.129. The van der Waals surface area contributed by atoms with E-state index in [0.29, 0.717) is 26.9 Å². The lowest BCUT2D eigenvalue weighted by Crippen LogP contribution is -2.42. The van der Waals surface area contributed by atoms with Crippen LogP contribution in [-0.2, 0) is 4.79 Å². The lowest BCUT2D eigenvalue weighted by atomic mass is 9.56. The summed E-state index contributed by atoms with van der Waals surface area (Å²) in [5.41, 5.74) is 2.56. The highest BCUT2D eigenvalue weighted by atomic mass is 35.5. The molecule has 6 nitrogen and oxygen atoms in total. The summed E-state index contributed by atoms with van der Waals surface area (Å²) in [6, 6.07) is 20.5. The van der Waals surface area contributed by atoms with Gasteiger partial charge in [0.05, 0.1) is 23.1 Å². The Morgan fingerprint density at radius 1 is 0.975 bits per heavy atom. The summed E-state index contributed by atoms with van der Waals surface area (Å²) in [5.74, 6) is 0.368. The quantitative estimate of drug-likeness (QED) is 0.341. The van der Waals surface area contributed by atoms with Gasteiger partial charge in [-0.1, -0.05) is 60.5 Å². The first-order chi connectivity index (χ1) is 19.2. The van der Waals surface area contributed by atoms with Crippen LogP contribution < -0.4 is 10.1 Å². The van der Waals surface area contributed by atoms with Gasteiger partial charge in [-0.3, -0.25) is 19.3 Å². The molecule has 6 rings (SSSR count). The summed E-state index contributed by atoms with van der Waals surface area (Å²) in [6.45, 7) is 4.48. The number of ether oxygens (including phenoxy) is 1. The predicted octanol–water partition coefficient (Wildman–Crippen LogP) is 6.47. The number of nitrogens with one attached hydrogen (secondary N) is 1. The molecule has 40 heavy (non-hydrogen) atoms. The Labute approximate surface area is 243 Å². The molecule has 3 aromatic carbocycles. The number of imide groups is 1. The molecule has 8 heteroatoms. The number of nitrogens with zero attached hydrogens (tertiary/aromatic N) is 1. The number of amides is 3. The number of hydrogen-bond acceptors (Lipinski definition) is 4. The molecule has 1 saturated heterocycles. The summed E-state index contributed by atoms with van der Waals surface area (Å²) < 4.78 is 5.93.